The Hall–Kier alpha value is -7.21. The summed E-state index contributed by atoms with van der Waals surface area (Å²) in [6.45, 7) is 0. The monoisotopic (exact) mass is 732 g/mol. The van der Waals surface area contributed by atoms with Crippen molar-refractivity contribution in [3.8, 4) is 62.1 Å². The molecule has 0 aliphatic carbocycles. The molecule has 0 aliphatic rings. The normalized spacial score (nSPS) is 11.6. The molecule has 11 aromatic rings. The molecule has 8 aromatic carbocycles. The lowest BCUT2D eigenvalue weighted by atomic mass is 9.99. The van der Waals surface area contributed by atoms with Crippen LogP contribution in [0.25, 0.3) is 104 Å². The fourth-order valence-corrected chi connectivity index (χ4v) is 9.20. The summed E-state index contributed by atoms with van der Waals surface area (Å²) in [5.74, 6) is 1.94. The average molecular weight is 733 g/mol. The van der Waals surface area contributed by atoms with E-state index < -0.39 is 0 Å². The van der Waals surface area contributed by atoms with Gasteiger partial charge in [-0.15, -0.1) is 11.3 Å². The van der Waals surface area contributed by atoms with Crippen molar-refractivity contribution in [3.05, 3.63) is 194 Å². The minimum absolute atomic E-state index is 0.643. The summed E-state index contributed by atoms with van der Waals surface area (Å²) in [5, 5.41) is 4.77. The van der Waals surface area contributed by atoms with Gasteiger partial charge < -0.3 is 4.57 Å². The molecule has 0 radical (unpaired) electrons. The Morgan fingerprint density at radius 3 is 1.55 bits per heavy atom. The van der Waals surface area contributed by atoms with Gasteiger partial charge >= 0.3 is 0 Å². The van der Waals surface area contributed by atoms with Crippen LogP contribution in [-0.2, 0) is 0 Å². The van der Waals surface area contributed by atoms with Gasteiger partial charge in [0.25, 0.3) is 0 Å². The second kappa shape index (κ2) is 13.3. The van der Waals surface area contributed by atoms with Crippen LogP contribution in [-0.4, -0.2) is 19.5 Å². The summed E-state index contributed by atoms with van der Waals surface area (Å²) >= 11 is 1.86. The van der Waals surface area contributed by atoms with E-state index in [1.54, 1.807) is 0 Å². The fourth-order valence-electron chi connectivity index (χ4n) is 8.03. The van der Waals surface area contributed by atoms with Crippen molar-refractivity contribution in [1.82, 2.24) is 19.5 Å². The van der Waals surface area contributed by atoms with Gasteiger partial charge in [0.05, 0.1) is 21.4 Å². The van der Waals surface area contributed by atoms with E-state index in [9.17, 15) is 0 Å². The maximum atomic E-state index is 5.17. The van der Waals surface area contributed by atoms with Crippen molar-refractivity contribution in [2.24, 2.45) is 0 Å². The van der Waals surface area contributed by atoms with Gasteiger partial charge in [0.2, 0.25) is 0 Å². The van der Waals surface area contributed by atoms with Gasteiger partial charge in [-0.3, -0.25) is 0 Å². The van der Waals surface area contributed by atoms with Crippen molar-refractivity contribution in [3.63, 3.8) is 0 Å². The zero-order chi connectivity index (χ0) is 37.0. The number of rotatable bonds is 6. The van der Waals surface area contributed by atoms with Crippen molar-refractivity contribution in [2.75, 3.05) is 0 Å². The third kappa shape index (κ3) is 5.40. The standard InChI is InChI=1S/C51H32N4S/c1-5-16-33(17-6-1)37-28-29-46-41(30-37)42-31-38(34-18-7-2-8-19-34)32-45(48(42)56-46)55-43-26-14-13-24-39(43)47-40(25-15-27-44(47)55)51-53-49(35-20-9-3-10-21-35)52-50(54-51)36-22-11-4-12-23-36/h1-32H. The maximum Gasteiger partial charge on any atom is 0.164 e. The Bertz CT molecular complexity index is 3170. The highest BCUT2D eigenvalue weighted by Gasteiger charge is 2.22. The van der Waals surface area contributed by atoms with Gasteiger partial charge in [-0.05, 0) is 58.7 Å². The SMILES string of the molecule is c1ccc(-c2ccc3sc4c(-n5c6ccccc6c6c(-c7nc(-c8ccccc8)nc(-c8ccccc8)n7)cccc65)cc(-c5ccccc5)cc4c3c2)cc1. The van der Waals surface area contributed by atoms with Gasteiger partial charge in [-0.2, -0.15) is 0 Å². The zero-order valence-corrected chi connectivity index (χ0v) is 31.0. The van der Waals surface area contributed by atoms with Gasteiger partial charge in [0.1, 0.15) is 0 Å². The highest BCUT2D eigenvalue weighted by Crippen LogP contribution is 2.45. The van der Waals surface area contributed by atoms with Crippen LogP contribution < -0.4 is 0 Å². The summed E-state index contributed by atoms with van der Waals surface area (Å²) in [6, 6.07) is 68.6. The minimum Gasteiger partial charge on any atom is -0.308 e. The van der Waals surface area contributed by atoms with E-state index in [1.807, 2.05) is 47.7 Å². The molecule has 0 fully saturated rings. The molecule has 262 valence electrons. The largest absolute Gasteiger partial charge is 0.308 e. The van der Waals surface area contributed by atoms with Crippen molar-refractivity contribution in [2.45, 2.75) is 0 Å². The van der Waals surface area contributed by atoms with Crippen LogP contribution in [0.15, 0.2) is 194 Å². The van der Waals surface area contributed by atoms with E-state index in [0.29, 0.717) is 17.5 Å². The Morgan fingerprint density at radius 1 is 0.357 bits per heavy atom. The predicted molar refractivity (Wildman–Crippen MR) is 234 cm³/mol. The molecule has 4 nitrogen and oxygen atoms in total. The second-order valence-electron chi connectivity index (χ2n) is 14.0. The van der Waals surface area contributed by atoms with Gasteiger partial charge in [-0.1, -0.05) is 158 Å². The predicted octanol–water partition coefficient (Wildman–Crippen LogP) is 13.7. The lowest BCUT2D eigenvalue weighted by molar-refractivity contribution is 1.08. The number of fused-ring (bicyclic) bond motifs is 6. The Balaban J connectivity index is 1.20. The lowest BCUT2D eigenvalue weighted by Gasteiger charge is -2.13. The summed E-state index contributed by atoms with van der Waals surface area (Å²) in [6.07, 6.45) is 0. The van der Waals surface area contributed by atoms with Crippen LogP contribution in [0.2, 0.25) is 0 Å². The van der Waals surface area contributed by atoms with Gasteiger partial charge in [0.15, 0.2) is 17.5 Å². The average Bonchev–Trinajstić information content (AvgIpc) is 3.83. The molecule has 56 heavy (non-hydrogen) atoms. The Morgan fingerprint density at radius 2 is 0.893 bits per heavy atom. The van der Waals surface area contributed by atoms with Crippen molar-refractivity contribution >= 4 is 53.3 Å². The number of hydrogen-bond donors (Lipinski definition) is 0. The molecule has 0 bridgehead atoms. The molecular formula is C51H32N4S. The van der Waals surface area contributed by atoms with E-state index in [2.05, 4.69) is 162 Å². The lowest BCUT2D eigenvalue weighted by Crippen LogP contribution is -2.00. The molecule has 0 spiro atoms. The van der Waals surface area contributed by atoms with Gasteiger partial charge in [0, 0.05) is 42.9 Å². The molecule has 0 saturated heterocycles. The number of thiophene rings is 1. The fraction of sp³-hybridized carbons (Fsp3) is 0. The van der Waals surface area contributed by atoms with E-state index in [4.69, 9.17) is 15.0 Å². The zero-order valence-electron chi connectivity index (χ0n) is 30.2. The molecule has 0 saturated carbocycles. The van der Waals surface area contributed by atoms with Crippen LogP contribution in [0, 0.1) is 0 Å². The Labute approximate surface area is 327 Å². The van der Waals surface area contributed by atoms with Crippen molar-refractivity contribution < 1.29 is 0 Å². The molecule has 3 aromatic heterocycles. The topological polar surface area (TPSA) is 43.6 Å². The summed E-state index contributed by atoms with van der Waals surface area (Å²) < 4.78 is 4.96. The second-order valence-corrected chi connectivity index (χ2v) is 15.1. The molecule has 0 atom stereocenters. The van der Waals surface area contributed by atoms with Crippen LogP contribution in [0.5, 0.6) is 0 Å². The molecular weight excluding hydrogens is 701 g/mol. The van der Waals surface area contributed by atoms with Crippen LogP contribution in [0.4, 0.5) is 0 Å². The first-order valence-corrected chi connectivity index (χ1v) is 19.6. The number of nitrogens with zero attached hydrogens (tertiary/aromatic N) is 4. The maximum absolute atomic E-state index is 5.17. The third-order valence-electron chi connectivity index (χ3n) is 10.6. The Kier molecular flexibility index (Phi) is 7.64. The quantitative estimate of drug-likeness (QED) is 0.171. The van der Waals surface area contributed by atoms with Crippen LogP contribution >= 0.6 is 11.3 Å². The number of para-hydroxylation sites is 1. The molecule has 0 amide bonds. The van der Waals surface area contributed by atoms with E-state index in [0.717, 1.165) is 44.2 Å². The first-order chi connectivity index (χ1) is 27.8. The van der Waals surface area contributed by atoms with Crippen LogP contribution in [0.1, 0.15) is 0 Å². The van der Waals surface area contributed by atoms with E-state index in [1.165, 1.54) is 42.4 Å². The molecule has 0 N–H and O–H groups in total. The summed E-state index contributed by atoms with van der Waals surface area (Å²) in [4.78, 5) is 15.3. The molecule has 11 rings (SSSR count). The molecule has 0 unspecified atom stereocenters. The first kappa shape index (κ1) is 32.2. The minimum atomic E-state index is 0.643. The summed E-state index contributed by atoms with van der Waals surface area (Å²) in [7, 11) is 0. The number of aromatic nitrogens is 4. The summed E-state index contributed by atoms with van der Waals surface area (Å²) in [5.41, 5.74) is 11.0. The smallest absolute Gasteiger partial charge is 0.164 e. The van der Waals surface area contributed by atoms with Crippen molar-refractivity contribution in [1.29, 1.82) is 0 Å². The molecule has 3 heterocycles. The number of benzene rings is 8. The van der Waals surface area contributed by atoms with E-state index >= 15 is 0 Å². The van der Waals surface area contributed by atoms with E-state index in [-0.39, 0.29) is 0 Å². The highest BCUT2D eigenvalue weighted by atomic mass is 32.1. The first-order valence-electron chi connectivity index (χ1n) is 18.8. The molecule has 5 heteroatoms. The highest BCUT2D eigenvalue weighted by molar-refractivity contribution is 7.26. The van der Waals surface area contributed by atoms with Crippen LogP contribution in [0.3, 0.4) is 0 Å². The molecule has 0 aliphatic heterocycles. The number of hydrogen-bond acceptors (Lipinski definition) is 4. The van der Waals surface area contributed by atoms with Gasteiger partial charge in [-0.25, -0.2) is 15.0 Å². The third-order valence-corrected chi connectivity index (χ3v) is 11.9.